The van der Waals surface area contributed by atoms with Crippen LogP contribution in [0.25, 0.3) is 0 Å². The minimum atomic E-state index is -1.68. The zero-order chi connectivity index (χ0) is 16.0. The van der Waals surface area contributed by atoms with Crippen LogP contribution in [0.3, 0.4) is 0 Å². The molecular formula is C14H18F2N2O2Si. The predicted octanol–water partition coefficient (Wildman–Crippen LogP) is 2.61. The van der Waals surface area contributed by atoms with Crippen molar-refractivity contribution >= 4 is 20.0 Å². The third-order valence-electron chi connectivity index (χ3n) is 3.40. The minimum Gasteiger partial charge on any atom is -0.319 e. The van der Waals surface area contributed by atoms with Crippen LogP contribution in [0.4, 0.5) is 13.6 Å². The highest BCUT2D eigenvalue weighted by molar-refractivity contribution is 6.76. The molecule has 1 heterocycles. The van der Waals surface area contributed by atoms with Gasteiger partial charge in [-0.05, 0) is 24.6 Å². The largest absolute Gasteiger partial charge is 0.325 e. The molecule has 0 saturated carbocycles. The molecule has 1 aromatic rings. The van der Waals surface area contributed by atoms with Crippen molar-refractivity contribution in [2.75, 3.05) is 6.17 Å². The van der Waals surface area contributed by atoms with Gasteiger partial charge in [0, 0.05) is 6.17 Å². The number of benzene rings is 1. The van der Waals surface area contributed by atoms with Gasteiger partial charge in [0.05, 0.1) is 8.07 Å². The van der Waals surface area contributed by atoms with Crippen LogP contribution in [-0.2, 0) is 10.3 Å². The molecule has 2 rings (SSSR count). The maximum atomic E-state index is 13.4. The Morgan fingerprint density at radius 2 is 1.81 bits per heavy atom. The van der Waals surface area contributed by atoms with E-state index >= 15 is 0 Å². The highest BCUT2D eigenvalue weighted by Gasteiger charge is 2.50. The summed E-state index contributed by atoms with van der Waals surface area (Å²) in [4.78, 5) is 25.8. The molecule has 21 heavy (non-hydrogen) atoms. The molecule has 1 aromatic carbocycles. The van der Waals surface area contributed by atoms with E-state index in [0.717, 1.165) is 12.1 Å². The highest BCUT2D eigenvalue weighted by Crippen LogP contribution is 2.30. The van der Waals surface area contributed by atoms with Gasteiger partial charge < -0.3 is 5.32 Å². The smallest absolute Gasteiger partial charge is 0.319 e. The van der Waals surface area contributed by atoms with Crippen LogP contribution in [0.15, 0.2) is 18.2 Å². The van der Waals surface area contributed by atoms with E-state index in [1.807, 2.05) is 19.6 Å². The lowest BCUT2D eigenvalue weighted by molar-refractivity contribution is -0.130. The fourth-order valence-electron chi connectivity index (χ4n) is 2.32. The van der Waals surface area contributed by atoms with Crippen LogP contribution in [0.5, 0.6) is 0 Å². The van der Waals surface area contributed by atoms with Gasteiger partial charge in [-0.15, -0.1) is 0 Å². The number of carbonyl (C=O) groups is 2. The summed E-state index contributed by atoms with van der Waals surface area (Å²) in [6.45, 7) is 7.63. The number of nitrogens with one attached hydrogen (secondary N) is 1. The summed E-state index contributed by atoms with van der Waals surface area (Å²) in [5.41, 5.74) is -1.12. The average molecular weight is 312 g/mol. The highest BCUT2D eigenvalue weighted by atomic mass is 28.3. The molecule has 1 fully saturated rings. The molecule has 1 aliphatic rings. The fraction of sp³-hybridized carbons (Fsp3) is 0.429. The number of halogens is 2. The van der Waals surface area contributed by atoms with E-state index in [0.29, 0.717) is 6.17 Å². The lowest BCUT2D eigenvalue weighted by Gasteiger charge is -2.25. The van der Waals surface area contributed by atoms with Crippen molar-refractivity contribution in [2.24, 2.45) is 0 Å². The first-order valence-electron chi connectivity index (χ1n) is 6.64. The number of imide groups is 1. The van der Waals surface area contributed by atoms with Gasteiger partial charge >= 0.3 is 6.03 Å². The topological polar surface area (TPSA) is 49.4 Å². The summed E-state index contributed by atoms with van der Waals surface area (Å²) < 4.78 is 26.4. The van der Waals surface area contributed by atoms with Crippen LogP contribution in [0.1, 0.15) is 12.5 Å². The van der Waals surface area contributed by atoms with Gasteiger partial charge in [0.25, 0.3) is 5.91 Å². The number of amides is 3. The van der Waals surface area contributed by atoms with E-state index in [1.54, 1.807) is 0 Å². The summed E-state index contributed by atoms with van der Waals surface area (Å²) >= 11 is 0. The van der Waals surface area contributed by atoms with Crippen molar-refractivity contribution < 1.29 is 18.4 Å². The molecule has 0 radical (unpaired) electrons. The molecule has 1 saturated heterocycles. The molecule has 7 heteroatoms. The summed E-state index contributed by atoms with van der Waals surface area (Å²) in [6, 6.07) is 2.73. The number of urea groups is 1. The maximum absolute atomic E-state index is 13.4. The average Bonchev–Trinajstić information content (AvgIpc) is 2.56. The van der Waals surface area contributed by atoms with Gasteiger partial charge in [-0.3, -0.25) is 9.69 Å². The Kier molecular flexibility index (Phi) is 3.65. The van der Waals surface area contributed by atoms with Crippen molar-refractivity contribution in [2.45, 2.75) is 32.1 Å². The Bertz CT molecular complexity index is 615. The molecule has 0 bridgehead atoms. The van der Waals surface area contributed by atoms with Gasteiger partial charge in [-0.2, -0.15) is 0 Å². The number of rotatable bonds is 3. The second-order valence-corrected chi connectivity index (χ2v) is 12.1. The normalized spacial score (nSPS) is 22.7. The molecule has 0 spiro atoms. The van der Waals surface area contributed by atoms with Crippen molar-refractivity contribution in [3.05, 3.63) is 35.4 Å². The molecule has 0 aromatic heterocycles. The van der Waals surface area contributed by atoms with Crippen molar-refractivity contribution in [1.82, 2.24) is 10.2 Å². The Hall–Kier alpha value is -1.76. The first-order valence-corrected chi connectivity index (χ1v) is 10.3. The van der Waals surface area contributed by atoms with Crippen molar-refractivity contribution in [3.8, 4) is 0 Å². The predicted molar refractivity (Wildman–Crippen MR) is 77.3 cm³/mol. The van der Waals surface area contributed by atoms with E-state index in [2.05, 4.69) is 5.32 Å². The van der Waals surface area contributed by atoms with Gasteiger partial charge in [-0.1, -0.05) is 25.7 Å². The second-order valence-electron chi connectivity index (χ2n) is 6.64. The molecule has 1 N–H and O–H groups in total. The quantitative estimate of drug-likeness (QED) is 0.689. The van der Waals surface area contributed by atoms with Crippen LogP contribution in [0.2, 0.25) is 19.6 Å². The maximum Gasteiger partial charge on any atom is 0.325 e. The van der Waals surface area contributed by atoms with Gasteiger partial charge in [0.15, 0.2) is 11.6 Å². The van der Waals surface area contributed by atoms with E-state index < -0.39 is 37.2 Å². The standard InChI is InChI=1S/C14H18F2N2O2Si/c1-14(9-5-6-10(15)11(16)7-9)12(19)18(13(20)17-14)8-21(2,3)4/h5-7H,8H2,1-4H3,(H,17,20). The monoisotopic (exact) mass is 312 g/mol. The molecule has 1 atom stereocenters. The molecule has 0 aliphatic carbocycles. The third kappa shape index (κ3) is 2.83. The summed E-state index contributed by atoms with van der Waals surface area (Å²) in [6.07, 6.45) is 0.386. The number of carbonyl (C=O) groups excluding carboxylic acids is 2. The first-order chi connectivity index (χ1) is 9.54. The Balaban J connectivity index is 2.38. The van der Waals surface area contributed by atoms with Crippen molar-refractivity contribution in [1.29, 1.82) is 0 Å². The molecule has 1 aliphatic heterocycles. The van der Waals surface area contributed by atoms with E-state index in [1.165, 1.54) is 17.9 Å². The lowest BCUT2D eigenvalue weighted by Crippen LogP contribution is -2.45. The molecular weight excluding hydrogens is 294 g/mol. The van der Waals surface area contributed by atoms with Gasteiger partial charge in [0.1, 0.15) is 5.54 Å². The molecule has 4 nitrogen and oxygen atoms in total. The zero-order valence-corrected chi connectivity index (χ0v) is 13.5. The van der Waals surface area contributed by atoms with E-state index in [-0.39, 0.29) is 5.56 Å². The molecule has 1 unspecified atom stereocenters. The van der Waals surface area contributed by atoms with Gasteiger partial charge in [-0.25, -0.2) is 13.6 Å². The van der Waals surface area contributed by atoms with Crippen LogP contribution < -0.4 is 5.32 Å². The first kappa shape index (κ1) is 15.6. The Labute approximate surface area is 123 Å². The number of nitrogens with zero attached hydrogens (tertiary/aromatic N) is 1. The summed E-state index contributed by atoms with van der Waals surface area (Å²) in [7, 11) is -1.68. The van der Waals surface area contributed by atoms with E-state index in [9.17, 15) is 18.4 Å². The van der Waals surface area contributed by atoms with Crippen LogP contribution in [-0.4, -0.2) is 31.1 Å². The van der Waals surface area contributed by atoms with Gasteiger partial charge in [0.2, 0.25) is 0 Å². The SMILES string of the molecule is CC1(c2ccc(F)c(F)c2)NC(=O)N(C[Si](C)(C)C)C1=O. The molecule has 114 valence electrons. The second kappa shape index (κ2) is 4.90. The Morgan fingerprint density at radius 1 is 1.19 bits per heavy atom. The summed E-state index contributed by atoms with van der Waals surface area (Å²) in [5.74, 6) is -2.46. The molecule has 3 amide bonds. The zero-order valence-electron chi connectivity index (χ0n) is 12.5. The fourth-order valence-corrected chi connectivity index (χ4v) is 3.55. The van der Waals surface area contributed by atoms with Crippen LogP contribution in [0, 0.1) is 11.6 Å². The van der Waals surface area contributed by atoms with E-state index in [4.69, 9.17) is 0 Å². The number of hydrogen-bond donors (Lipinski definition) is 1. The lowest BCUT2D eigenvalue weighted by atomic mass is 9.92. The Morgan fingerprint density at radius 3 is 2.33 bits per heavy atom. The minimum absolute atomic E-state index is 0.234. The van der Waals surface area contributed by atoms with Crippen molar-refractivity contribution in [3.63, 3.8) is 0 Å². The van der Waals surface area contributed by atoms with Crippen LogP contribution >= 0.6 is 0 Å². The summed E-state index contributed by atoms with van der Waals surface area (Å²) in [5, 5.41) is 2.59. The third-order valence-corrected chi connectivity index (χ3v) is 4.67. The number of hydrogen-bond acceptors (Lipinski definition) is 2.